The van der Waals surface area contributed by atoms with Crippen molar-refractivity contribution in [1.29, 1.82) is 0 Å². The first kappa shape index (κ1) is 13.6. The van der Waals surface area contributed by atoms with Crippen LogP contribution in [0.1, 0.15) is 5.82 Å². The highest BCUT2D eigenvalue weighted by molar-refractivity contribution is 6.29. The van der Waals surface area contributed by atoms with Crippen molar-refractivity contribution in [2.24, 2.45) is 21.1 Å². The second-order valence-corrected chi connectivity index (χ2v) is 5.14. The number of hydrogen-bond donors (Lipinski definition) is 0. The van der Waals surface area contributed by atoms with Gasteiger partial charge in [0, 0.05) is 33.5 Å². The zero-order valence-corrected chi connectivity index (χ0v) is 12.5. The Kier molecular flexibility index (Phi) is 2.98. The Morgan fingerprint density at radius 2 is 1.90 bits per heavy atom. The molecule has 0 radical (unpaired) electrons. The first-order chi connectivity index (χ1) is 9.91. The van der Waals surface area contributed by atoms with Gasteiger partial charge in [-0.25, -0.2) is 9.78 Å². The lowest BCUT2D eigenvalue weighted by atomic mass is 10.4. The van der Waals surface area contributed by atoms with Crippen LogP contribution in [0.5, 0.6) is 0 Å². The molecule has 3 aromatic heterocycles. The molecule has 0 unspecified atom stereocenters. The molecule has 9 heteroatoms. The SMILES string of the molecule is Cn1ccnc1Cn1c(Cl)nc2c1c(=O)n(C)c(=O)n2C. The van der Waals surface area contributed by atoms with Crippen LogP contribution in [0.15, 0.2) is 22.0 Å². The Bertz CT molecular complexity index is 961. The summed E-state index contributed by atoms with van der Waals surface area (Å²) in [5.74, 6) is 0.729. The first-order valence-electron chi connectivity index (χ1n) is 6.19. The first-order valence-corrected chi connectivity index (χ1v) is 6.57. The lowest BCUT2D eigenvalue weighted by Crippen LogP contribution is -2.37. The van der Waals surface area contributed by atoms with Gasteiger partial charge in [-0.15, -0.1) is 0 Å². The van der Waals surface area contributed by atoms with Crippen LogP contribution in [0.25, 0.3) is 11.2 Å². The maximum atomic E-state index is 12.4. The third-order valence-corrected chi connectivity index (χ3v) is 3.81. The predicted molar refractivity (Wildman–Crippen MR) is 77.5 cm³/mol. The molecule has 0 aliphatic carbocycles. The number of hydrogen-bond acceptors (Lipinski definition) is 4. The van der Waals surface area contributed by atoms with Gasteiger partial charge < -0.3 is 9.13 Å². The Morgan fingerprint density at radius 3 is 2.52 bits per heavy atom. The van der Waals surface area contributed by atoms with Crippen molar-refractivity contribution in [1.82, 2.24) is 28.2 Å². The van der Waals surface area contributed by atoms with Gasteiger partial charge in [-0.2, -0.15) is 4.98 Å². The van der Waals surface area contributed by atoms with Gasteiger partial charge in [0.15, 0.2) is 11.2 Å². The second-order valence-electron chi connectivity index (χ2n) is 4.80. The zero-order chi connectivity index (χ0) is 15.3. The van der Waals surface area contributed by atoms with E-state index in [0.717, 1.165) is 10.4 Å². The average Bonchev–Trinajstić information content (AvgIpc) is 3.00. The number of aromatic nitrogens is 6. The summed E-state index contributed by atoms with van der Waals surface area (Å²) in [6.07, 6.45) is 3.46. The molecule has 0 aromatic carbocycles. The smallest absolute Gasteiger partial charge is 0.332 e. The van der Waals surface area contributed by atoms with E-state index in [4.69, 9.17) is 11.6 Å². The fraction of sp³-hybridized carbons (Fsp3) is 0.333. The highest BCUT2D eigenvalue weighted by Gasteiger charge is 2.19. The van der Waals surface area contributed by atoms with Crippen molar-refractivity contribution in [3.05, 3.63) is 44.3 Å². The molecule has 0 saturated carbocycles. The molecule has 0 amide bonds. The molecule has 8 nitrogen and oxygen atoms in total. The quantitative estimate of drug-likeness (QED) is 0.618. The van der Waals surface area contributed by atoms with E-state index in [1.165, 1.54) is 11.6 Å². The lowest BCUT2D eigenvalue weighted by Gasteiger charge is -2.07. The highest BCUT2D eigenvalue weighted by Crippen LogP contribution is 2.16. The van der Waals surface area contributed by atoms with Crippen LogP contribution in [0.4, 0.5) is 0 Å². The van der Waals surface area contributed by atoms with E-state index in [1.54, 1.807) is 24.0 Å². The molecule has 0 N–H and O–H groups in total. The normalized spacial score (nSPS) is 11.4. The van der Waals surface area contributed by atoms with E-state index in [-0.39, 0.29) is 16.4 Å². The summed E-state index contributed by atoms with van der Waals surface area (Å²) in [7, 11) is 4.83. The van der Waals surface area contributed by atoms with Gasteiger partial charge in [0.1, 0.15) is 5.82 Å². The molecule has 0 fully saturated rings. The highest BCUT2D eigenvalue weighted by atomic mass is 35.5. The van der Waals surface area contributed by atoms with Crippen LogP contribution in [0.3, 0.4) is 0 Å². The Hall–Kier alpha value is -2.35. The molecular formula is C12H13ClN6O2. The molecule has 0 bridgehead atoms. The van der Waals surface area contributed by atoms with Crippen LogP contribution in [0.2, 0.25) is 5.28 Å². The third kappa shape index (κ3) is 1.90. The van der Waals surface area contributed by atoms with Crippen LogP contribution >= 0.6 is 11.6 Å². The molecule has 0 aliphatic rings. The summed E-state index contributed by atoms with van der Waals surface area (Å²) >= 11 is 6.14. The van der Waals surface area contributed by atoms with Gasteiger partial charge in [-0.1, -0.05) is 0 Å². The Balaban J connectivity index is 2.34. The summed E-state index contributed by atoms with van der Waals surface area (Å²) in [5.41, 5.74) is -0.317. The summed E-state index contributed by atoms with van der Waals surface area (Å²) in [6.45, 7) is 0.298. The fourth-order valence-electron chi connectivity index (χ4n) is 2.25. The van der Waals surface area contributed by atoms with Crippen LogP contribution < -0.4 is 11.2 Å². The van der Waals surface area contributed by atoms with Crippen molar-refractivity contribution in [3.8, 4) is 0 Å². The molecule has 110 valence electrons. The van der Waals surface area contributed by atoms with Gasteiger partial charge in [-0.3, -0.25) is 13.9 Å². The second kappa shape index (κ2) is 4.59. The van der Waals surface area contributed by atoms with Crippen LogP contribution in [-0.4, -0.2) is 28.2 Å². The van der Waals surface area contributed by atoms with E-state index in [9.17, 15) is 9.59 Å². The van der Waals surface area contributed by atoms with Crippen LogP contribution in [0, 0.1) is 0 Å². The van der Waals surface area contributed by atoms with Gasteiger partial charge in [-0.05, 0) is 11.6 Å². The third-order valence-electron chi connectivity index (χ3n) is 3.52. The molecule has 3 heterocycles. The van der Waals surface area contributed by atoms with E-state index in [2.05, 4.69) is 9.97 Å². The number of fused-ring (bicyclic) bond motifs is 1. The van der Waals surface area contributed by atoms with Gasteiger partial charge in [0.2, 0.25) is 5.28 Å². The minimum Gasteiger partial charge on any atom is -0.337 e. The number of rotatable bonds is 2. The molecule has 21 heavy (non-hydrogen) atoms. The average molecular weight is 309 g/mol. The van der Waals surface area contributed by atoms with Crippen LogP contribution in [-0.2, 0) is 27.7 Å². The summed E-state index contributed by atoms with van der Waals surface area (Å²) in [4.78, 5) is 32.6. The number of aryl methyl sites for hydroxylation is 2. The maximum absolute atomic E-state index is 12.4. The summed E-state index contributed by atoms with van der Waals surface area (Å²) < 4.78 is 5.72. The molecule has 0 aliphatic heterocycles. The minimum atomic E-state index is -0.439. The van der Waals surface area contributed by atoms with E-state index in [1.807, 2.05) is 11.6 Å². The summed E-state index contributed by atoms with van der Waals surface area (Å²) in [6, 6.07) is 0. The topological polar surface area (TPSA) is 79.6 Å². The molecular weight excluding hydrogens is 296 g/mol. The van der Waals surface area contributed by atoms with Crippen molar-refractivity contribution in [2.75, 3.05) is 0 Å². The minimum absolute atomic E-state index is 0.145. The molecule has 3 rings (SSSR count). The zero-order valence-electron chi connectivity index (χ0n) is 11.7. The summed E-state index contributed by atoms with van der Waals surface area (Å²) in [5, 5.41) is 0.145. The molecule has 0 spiro atoms. The van der Waals surface area contributed by atoms with Crippen molar-refractivity contribution in [3.63, 3.8) is 0 Å². The number of halogens is 1. The van der Waals surface area contributed by atoms with Crippen molar-refractivity contribution >= 4 is 22.8 Å². The van der Waals surface area contributed by atoms with Gasteiger partial charge >= 0.3 is 5.69 Å². The molecule has 0 atom stereocenters. The van der Waals surface area contributed by atoms with Gasteiger partial charge in [0.05, 0.1) is 6.54 Å². The van der Waals surface area contributed by atoms with Crippen molar-refractivity contribution in [2.45, 2.75) is 6.54 Å². The number of imidazole rings is 2. The molecule has 0 saturated heterocycles. The van der Waals surface area contributed by atoms with E-state index < -0.39 is 11.2 Å². The number of nitrogens with zero attached hydrogens (tertiary/aromatic N) is 6. The fourth-order valence-corrected chi connectivity index (χ4v) is 2.48. The van der Waals surface area contributed by atoms with E-state index in [0.29, 0.717) is 6.54 Å². The standard InChI is InChI=1S/C12H13ClN6O2/c1-16-5-4-14-7(16)6-19-8-9(15-11(19)13)17(2)12(21)18(3)10(8)20/h4-5H,6H2,1-3H3. The maximum Gasteiger partial charge on any atom is 0.332 e. The van der Waals surface area contributed by atoms with E-state index >= 15 is 0 Å². The van der Waals surface area contributed by atoms with Gasteiger partial charge in [0.25, 0.3) is 5.56 Å². The Labute approximate surface area is 123 Å². The lowest BCUT2D eigenvalue weighted by molar-refractivity contribution is 0.688. The Morgan fingerprint density at radius 1 is 1.19 bits per heavy atom. The predicted octanol–water partition coefficient (Wildman–Crippen LogP) is -0.131. The monoisotopic (exact) mass is 308 g/mol. The van der Waals surface area contributed by atoms with Crippen molar-refractivity contribution < 1.29 is 0 Å². The largest absolute Gasteiger partial charge is 0.337 e. The molecule has 3 aromatic rings.